The van der Waals surface area contributed by atoms with E-state index in [4.69, 9.17) is 24.5 Å². The third kappa shape index (κ3) is 2.85. The Labute approximate surface area is 129 Å². The van der Waals surface area contributed by atoms with Gasteiger partial charge >= 0.3 is 6.09 Å². The van der Waals surface area contributed by atoms with Gasteiger partial charge in [0.25, 0.3) is 0 Å². The molecule has 0 radical (unpaired) electrons. The second-order valence-corrected chi connectivity index (χ2v) is 6.35. The summed E-state index contributed by atoms with van der Waals surface area (Å²) >= 11 is 0. The number of methoxy groups -OCH3 is 2. The molecule has 0 aromatic heterocycles. The number of fused-ring (bicyclic) bond motifs is 1. The van der Waals surface area contributed by atoms with Crippen LogP contribution in [0.15, 0.2) is 5.11 Å². The lowest BCUT2D eigenvalue weighted by Crippen LogP contribution is -2.55. The summed E-state index contributed by atoms with van der Waals surface area (Å²) in [6.45, 7) is 5.70. The predicted octanol–water partition coefficient (Wildman–Crippen LogP) is 1.67. The molecule has 2 heterocycles. The number of amides is 1. The van der Waals surface area contributed by atoms with Crippen LogP contribution in [0.2, 0.25) is 0 Å². The van der Waals surface area contributed by atoms with E-state index in [9.17, 15) is 4.79 Å². The highest BCUT2D eigenvalue weighted by atomic mass is 16.7. The van der Waals surface area contributed by atoms with E-state index in [1.807, 2.05) is 0 Å². The summed E-state index contributed by atoms with van der Waals surface area (Å²) in [4.78, 5) is 16.8. The Bertz CT molecular complexity index is 481. The van der Waals surface area contributed by atoms with Gasteiger partial charge in [0.05, 0.1) is 12.1 Å². The van der Waals surface area contributed by atoms with E-state index in [2.05, 4.69) is 10.0 Å². The Morgan fingerprint density at radius 2 is 2.05 bits per heavy atom. The van der Waals surface area contributed by atoms with E-state index >= 15 is 0 Å². The maximum absolute atomic E-state index is 12.5. The highest BCUT2D eigenvalue weighted by Crippen LogP contribution is 2.40. The lowest BCUT2D eigenvalue weighted by Gasteiger charge is -2.36. The molecular formula is C13H22N4O5. The fourth-order valence-corrected chi connectivity index (χ4v) is 2.91. The Balaban J connectivity index is 2.31. The van der Waals surface area contributed by atoms with Crippen LogP contribution in [0.1, 0.15) is 20.8 Å². The summed E-state index contributed by atoms with van der Waals surface area (Å²) in [5.41, 5.74) is 8.07. The average molecular weight is 314 g/mol. The zero-order valence-electron chi connectivity index (χ0n) is 13.5. The number of hydrogen-bond donors (Lipinski definition) is 0. The van der Waals surface area contributed by atoms with Crippen LogP contribution in [0.25, 0.3) is 10.4 Å². The van der Waals surface area contributed by atoms with Crippen molar-refractivity contribution in [2.75, 3.05) is 27.4 Å². The first-order chi connectivity index (χ1) is 10.3. The van der Waals surface area contributed by atoms with Crippen LogP contribution in [0.3, 0.4) is 0 Å². The largest absolute Gasteiger partial charge is 0.444 e. The first-order valence-corrected chi connectivity index (χ1v) is 7.03. The van der Waals surface area contributed by atoms with Crippen LogP contribution in [-0.4, -0.2) is 67.9 Å². The lowest BCUT2D eigenvalue weighted by atomic mass is 10.0. The third-order valence-corrected chi connectivity index (χ3v) is 3.86. The van der Waals surface area contributed by atoms with Crippen LogP contribution in [0, 0.1) is 0 Å². The number of ether oxygens (including phenoxy) is 4. The quantitative estimate of drug-likeness (QED) is 0.341. The molecule has 0 aliphatic carbocycles. The lowest BCUT2D eigenvalue weighted by molar-refractivity contribution is -0.224. The second-order valence-electron chi connectivity index (χ2n) is 6.35. The maximum Gasteiger partial charge on any atom is 0.410 e. The van der Waals surface area contributed by atoms with Crippen LogP contribution in [-0.2, 0) is 18.9 Å². The van der Waals surface area contributed by atoms with E-state index in [1.165, 1.54) is 19.1 Å². The van der Waals surface area contributed by atoms with Gasteiger partial charge in [-0.3, -0.25) is 4.90 Å². The van der Waals surface area contributed by atoms with Crippen molar-refractivity contribution in [3.8, 4) is 0 Å². The van der Waals surface area contributed by atoms with E-state index in [-0.39, 0.29) is 13.2 Å². The molecule has 124 valence electrons. The molecule has 3 atom stereocenters. The third-order valence-electron chi connectivity index (χ3n) is 3.86. The molecule has 0 saturated carbocycles. The van der Waals surface area contributed by atoms with Crippen LogP contribution < -0.4 is 0 Å². The molecule has 2 fully saturated rings. The topological polar surface area (TPSA) is 106 Å². The van der Waals surface area contributed by atoms with Gasteiger partial charge in [-0.1, -0.05) is 5.11 Å². The van der Waals surface area contributed by atoms with Crippen molar-refractivity contribution in [3.05, 3.63) is 10.4 Å². The van der Waals surface area contributed by atoms with Gasteiger partial charge in [0.2, 0.25) is 5.79 Å². The molecule has 0 bridgehead atoms. The summed E-state index contributed by atoms with van der Waals surface area (Å²) in [5, 5.41) is 3.72. The molecule has 2 saturated heterocycles. The highest BCUT2D eigenvalue weighted by molar-refractivity contribution is 5.69. The molecule has 0 spiro atoms. The smallest absolute Gasteiger partial charge is 0.410 e. The van der Waals surface area contributed by atoms with Crippen molar-refractivity contribution in [3.63, 3.8) is 0 Å². The van der Waals surface area contributed by atoms with Gasteiger partial charge in [-0.25, -0.2) is 4.79 Å². The standard InChI is InChI=1S/C13H22N4O5/c1-12(2,3)22-11(18)17-6-8(15-16-14)9-10(17)13(19-4,20-5)7-21-9/h8-10H,6-7H2,1-5H3. The summed E-state index contributed by atoms with van der Waals surface area (Å²) in [6.07, 6.45) is -0.995. The van der Waals surface area contributed by atoms with Crippen LogP contribution in [0.5, 0.6) is 0 Å². The van der Waals surface area contributed by atoms with Crippen molar-refractivity contribution < 1.29 is 23.7 Å². The number of carbonyl (C=O) groups excluding carboxylic acids is 1. The normalized spacial score (nSPS) is 29.9. The van der Waals surface area contributed by atoms with Crippen molar-refractivity contribution in [2.45, 2.75) is 50.3 Å². The number of hydrogen-bond acceptors (Lipinski definition) is 6. The Morgan fingerprint density at radius 1 is 1.41 bits per heavy atom. The van der Waals surface area contributed by atoms with E-state index in [0.717, 1.165) is 0 Å². The molecule has 1 amide bonds. The minimum Gasteiger partial charge on any atom is -0.444 e. The molecule has 2 aliphatic heterocycles. The maximum atomic E-state index is 12.5. The summed E-state index contributed by atoms with van der Waals surface area (Å²) in [6, 6.07) is -1.04. The molecule has 0 aromatic carbocycles. The van der Waals surface area contributed by atoms with E-state index in [1.54, 1.807) is 20.8 Å². The first-order valence-electron chi connectivity index (χ1n) is 7.03. The van der Waals surface area contributed by atoms with Gasteiger partial charge in [-0.2, -0.15) is 0 Å². The number of likely N-dealkylation sites (tertiary alicyclic amines) is 1. The molecule has 2 rings (SSSR count). The number of carbonyl (C=O) groups is 1. The molecule has 3 unspecified atom stereocenters. The van der Waals surface area contributed by atoms with E-state index < -0.39 is 35.7 Å². The zero-order chi connectivity index (χ0) is 16.5. The van der Waals surface area contributed by atoms with Gasteiger partial charge in [-0.15, -0.1) is 0 Å². The fourth-order valence-electron chi connectivity index (χ4n) is 2.91. The van der Waals surface area contributed by atoms with Crippen molar-refractivity contribution in [1.82, 2.24) is 4.90 Å². The summed E-state index contributed by atoms with van der Waals surface area (Å²) in [5.74, 6) is -1.10. The Kier molecular flexibility index (Phi) is 4.53. The fraction of sp³-hybridized carbons (Fsp3) is 0.923. The van der Waals surface area contributed by atoms with Gasteiger partial charge in [0, 0.05) is 25.7 Å². The second kappa shape index (κ2) is 5.92. The molecule has 0 aromatic rings. The minimum atomic E-state index is -1.10. The van der Waals surface area contributed by atoms with Gasteiger partial charge in [-0.05, 0) is 26.3 Å². The van der Waals surface area contributed by atoms with Crippen LogP contribution in [0.4, 0.5) is 4.79 Å². The number of azide groups is 1. The predicted molar refractivity (Wildman–Crippen MR) is 76.2 cm³/mol. The number of rotatable bonds is 3. The summed E-state index contributed by atoms with van der Waals surface area (Å²) < 4.78 is 22.0. The first kappa shape index (κ1) is 16.8. The SMILES string of the molecule is COC1(OC)COC2C(N=[N+]=[N-])CN(C(=O)OC(C)(C)C)C21. The Morgan fingerprint density at radius 3 is 2.55 bits per heavy atom. The molecule has 2 aliphatic rings. The summed E-state index contributed by atoms with van der Waals surface area (Å²) in [7, 11) is 2.98. The van der Waals surface area contributed by atoms with Crippen molar-refractivity contribution in [1.29, 1.82) is 0 Å². The molecular weight excluding hydrogens is 292 g/mol. The monoisotopic (exact) mass is 314 g/mol. The number of nitrogens with zero attached hydrogens (tertiary/aromatic N) is 4. The molecule has 9 heteroatoms. The van der Waals surface area contributed by atoms with E-state index in [0.29, 0.717) is 0 Å². The van der Waals surface area contributed by atoms with Crippen molar-refractivity contribution in [2.24, 2.45) is 5.11 Å². The minimum absolute atomic E-state index is 0.145. The molecule has 0 N–H and O–H groups in total. The van der Waals surface area contributed by atoms with Gasteiger partial charge in [0.1, 0.15) is 18.2 Å². The van der Waals surface area contributed by atoms with Crippen LogP contribution >= 0.6 is 0 Å². The zero-order valence-corrected chi connectivity index (χ0v) is 13.5. The Hall–Kier alpha value is -1.54. The van der Waals surface area contributed by atoms with Gasteiger partial charge < -0.3 is 18.9 Å². The van der Waals surface area contributed by atoms with Gasteiger partial charge in [0.15, 0.2) is 0 Å². The molecule has 9 nitrogen and oxygen atoms in total. The average Bonchev–Trinajstić information content (AvgIpc) is 2.97. The molecule has 22 heavy (non-hydrogen) atoms. The highest BCUT2D eigenvalue weighted by Gasteiger charge is 2.62. The van der Waals surface area contributed by atoms with Crippen molar-refractivity contribution >= 4 is 6.09 Å².